The molecule has 3 aromatic rings. The fourth-order valence-electron chi connectivity index (χ4n) is 1.87. The minimum atomic E-state index is 0.705. The Morgan fingerprint density at radius 1 is 1.00 bits per heavy atom. The molecule has 3 heteroatoms. The second-order valence-electron chi connectivity index (χ2n) is 4.07. The van der Waals surface area contributed by atoms with Gasteiger partial charge in [-0.25, -0.2) is 4.98 Å². The highest BCUT2D eigenvalue weighted by Gasteiger charge is 2.01. The molecule has 2 aromatic carbocycles. The highest BCUT2D eigenvalue weighted by molar-refractivity contribution is 7.16. The number of thiazole rings is 1. The Morgan fingerprint density at radius 2 is 1.84 bits per heavy atom. The molecule has 1 aliphatic rings. The van der Waals surface area contributed by atoms with E-state index in [4.69, 9.17) is 4.74 Å². The van der Waals surface area contributed by atoms with Crippen molar-refractivity contribution < 1.29 is 4.74 Å². The summed E-state index contributed by atoms with van der Waals surface area (Å²) in [5, 5.41) is 0. The van der Waals surface area contributed by atoms with Gasteiger partial charge in [-0.1, -0.05) is 36.4 Å². The lowest BCUT2D eigenvalue weighted by Gasteiger charge is -2.10. The first-order valence-corrected chi connectivity index (χ1v) is 6.98. The number of fused-ring (bicyclic) bond motifs is 2. The molecule has 0 fully saturated rings. The third-order valence-electron chi connectivity index (χ3n) is 2.79. The molecular formula is C16H13NOS. The third-order valence-corrected chi connectivity index (χ3v) is 3.60. The molecule has 0 spiro atoms. The van der Waals surface area contributed by atoms with Crippen LogP contribution in [0.5, 0.6) is 5.75 Å². The van der Waals surface area contributed by atoms with Gasteiger partial charge in [0.05, 0.1) is 15.7 Å². The van der Waals surface area contributed by atoms with Crippen molar-refractivity contribution in [1.29, 1.82) is 0 Å². The second-order valence-corrected chi connectivity index (χ2v) is 4.96. The largest absolute Gasteiger partial charge is 0.489 e. The molecule has 2 heterocycles. The number of rotatable bonds is 0. The Balaban J connectivity index is 0.000000117. The number of aromatic nitrogens is 1. The lowest BCUT2D eigenvalue weighted by atomic mass is 10.1. The predicted molar refractivity (Wildman–Crippen MR) is 80.6 cm³/mol. The molecule has 0 atom stereocenters. The highest BCUT2D eigenvalue weighted by Crippen LogP contribution is 2.21. The fourth-order valence-corrected chi connectivity index (χ4v) is 2.54. The lowest BCUT2D eigenvalue weighted by molar-refractivity contribution is 0.358. The van der Waals surface area contributed by atoms with Crippen molar-refractivity contribution in [2.24, 2.45) is 0 Å². The molecule has 0 N–H and O–H groups in total. The highest BCUT2D eigenvalue weighted by atomic mass is 32.1. The summed E-state index contributed by atoms with van der Waals surface area (Å²) in [6.07, 6.45) is 4.10. The van der Waals surface area contributed by atoms with Crippen LogP contribution < -0.4 is 4.74 Å². The van der Waals surface area contributed by atoms with Crippen LogP contribution in [0.4, 0.5) is 0 Å². The number of benzene rings is 2. The average molecular weight is 267 g/mol. The van der Waals surface area contributed by atoms with Crippen LogP contribution in [-0.2, 0) is 0 Å². The lowest BCUT2D eigenvalue weighted by Crippen LogP contribution is -1.98. The molecule has 0 unspecified atom stereocenters. The second kappa shape index (κ2) is 5.67. The summed E-state index contributed by atoms with van der Waals surface area (Å²) >= 11 is 1.68. The molecule has 0 radical (unpaired) electrons. The molecule has 0 aliphatic carbocycles. The fraction of sp³-hybridized carbons (Fsp3) is 0.0625. The van der Waals surface area contributed by atoms with E-state index < -0.39 is 0 Å². The summed E-state index contributed by atoms with van der Waals surface area (Å²) < 4.78 is 6.60. The SMILES string of the molecule is C1=Cc2ccccc2OC1.c1ccc2scnc2c1. The van der Waals surface area contributed by atoms with Crippen molar-refractivity contribution in [1.82, 2.24) is 4.98 Å². The van der Waals surface area contributed by atoms with Crippen molar-refractivity contribution in [3.05, 3.63) is 65.7 Å². The maximum atomic E-state index is 5.34. The first kappa shape index (κ1) is 11.9. The third kappa shape index (κ3) is 2.83. The first-order chi connectivity index (χ1) is 9.43. The standard InChI is InChI=1S/C9H8O.C7H5NS/c1-2-6-9-8(4-1)5-3-7-10-9;1-2-4-7-6(3-1)8-5-9-7/h1-6H,7H2;1-5H. The zero-order chi connectivity index (χ0) is 12.9. The van der Waals surface area contributed by atoms with E-state index in [1.54, 1.807) is 11.3 Å². The Hall–Kier alpha value is -2.13. The number of hydrogen-bond donors (Lipinski definition) is 0. The number of nitrogens with zero attached hydrogens (tertiary/aromatic N) is 1. The molecule has 4 rings (SSSR count). The summed E-state index contributed by atoms with van der Waals surface area (Å²) in [6, 6.07) is 16.2. The van der Waals surface area contributed by atoms with Gasteiger partial charge in [0, 0.05) is 5.56 Å². The summed E-state index contributed by atoms with van der Waals surface area (Å²) in [5.74, 6) is 0.991. The van der Waals surface area contributed by atoms with E-state index in [1.807, 2.05) is 54.1 Å². The number of hydrogen-bond acceptors (Lipinski definition) is 3. The molecule has 2 nitrogen and oxygen atoms in total. The van der Waals surface area contributed by atoms with Crippen LogP contribution in [0.3, 0.4) is 0 Å². The van der Waals surface area contributed by atoms with Gasteiger partial charge in [-0.15, -0.1) is 11.3 Å². The zero-order valence-electron chi connectivity index (χ0n) is 10.3. The molecule has 94 valence electrons. The Morgan fingerprint density at radius 3 is 2.74 bits per heavy atom. The molecule has 0 saturated carbocycles. The molecule has 1 aromatic heterocycles. The average Bonchev–Trinajstić information content (AvgIpc) is 2.96. The van der Waals surface area contributed by atoms with E-state index in [0.717, 1.165) is 11.3 Å². The van der Waals surface area contributed by atoms with Crippen molar-refractivity contribution in [3.8, 4) is 5.75 Å². The van der Waals surface area contributed by atoms with Crippen molar-refractivity contribution in [3.63, 3.8) is 0 Å². The van der Waals surface area contributed by atoms with Gasteiger partial charge in [0.1, 0.15) is 12.4 Å². The summed E-state index contributed by atoms with van der Waals surface area (Å²) in [6.45, 7) is 0.705. The molecule has 0 amide bonds. The zero-order valence-corrected chi connectivity index (χ0v) is 11.1. The Labute approximate surface area is 116 Å². The van der Waals surface area contributed by atoms with Gasteiger partial charge >= 0.3 is 0 Å². The minimum Gasteiger partial charge on any atom is -0.489 e. The van der Waals surface area contributed by atoms with E-state index in [0.29, 0.717) is 6.61 Å². The van der Waals surface area contributed by atoms with Gasteiger partial charge in [-0.3, -0.25) is 0 Å². The molecule has 19 heavy (non-hydrogen) atoms. The first-order valence-electron chi connectivity index (χ1n) is 6.10. The topological polar surface area (TPSA) is 22.1 Å². The van der Waals surface area contributed by atoms with Gasteiger partial charge in [0.2, 0.25) is 0 Å². The van der Waals surface area contributed by atoms with E-state index in [-0.39, 0.29) is 0 Å². The van der Waals surface area contributed by atoms with Crippen LogP contribution in [0.2, 0.25) is 0 Å². The predicted octanol–water partition coefficient (Wildman–Crippen LogP) is 4.39. The van der Waals surface area contributed by atoms with Gasteiger partial charge < -0.3 is 4.74 Å². The molecule has 0 saturated heterocycles. The van der Waals surface area contributed by atoms with Crippen LogP contribution >= 0.6 is 11.3 Å². The van der Waals surface area contributed by atoms with Crippen LogP contribution in [-0.4, -0.2) is 11.6 Å². The van der Waals surface area contributed by atoms with Crippen molar-refractivity contribution >= 4 is 27.6 Å². The van der Waals surface area contributed by atoms with Gasteiger partial charge in [0.25, 0.3) is 0 Å². The van der Waals surface area contributed by atoms with Crippen molar-refractivity contribution in [2.75, 3.05) is 6.61 Å². The van der Waals surface area contributed by atoms with Crippen LogP contribution in [0.1, 0.15) is 5.56 Å². The summed E-state index contributed by atoms with van der Waals surface area (Å²) in [7, 11) is 0. The molecule has 1 aliphatic heterocycles. The number of ether oxygens (including phenoxy) is 1. The van der Waals surface area contributed by atoms with Crippen LogP contribution in [0.15, 0.2) is 60.1 Å². The summed E-state index contributed by atoms with van der Waals surface area (Å²) in [5.41, 5.74) is 4.14. The van der Waals surface area contributed by atoms with Crippen LogP contribution in [0.25, 0.3) is 16.3 Å². The van der Waals surface area contributed by atoms with Gasteiger partial charge in [-0.2, -0.15) is 0 Å². The molecular weight excluding hydrogens is 254 g/mol. The van der Waals surface area contributed by atoms with Gasteiger partial charge in [0.15, 0.2) is 0 Å². The maximum Gasteiger partial charge on any atom is 0.126 e. The van der Waals surface area contributed by atoms with E-state index in [1.165, 1.54) is 10.3 Å². The minimum absolute atomic E-state index is 0.705. The Kier molecular flexibility index (Phi) is 3.56. The van der Waals surface area contributed by atoms with Crippen molar-refractivity contribution in [2.45, 2.75) is 0 Å². The van der Waals surface area contributed by atoms with E-state index in [9.17, 15) is 0 Å². The smallest absolute Gasteiger partial charge is 0.126 e. The Bertz CT molecular complexity index is 672. The summed E-state index contributed by atoms with van der Waals surface area (Å²) in [4.78, 5) is 4.14. The molecule has 0 bridgehead atoms. The quantitative estimate of drug-likeness (QED) is 0.602. The normalized spacial score (nSPS) is 12.2. The van der Waals surface area contributed by atoms with E-state index in [2.05, 4.69) is 17.1 Å². The monoisotopic (exact) mass is 267 g/mol. The van der Waals surface area contributed by atoms with E-state index >= 15 is 0 Å². The number of para-hydroxylation sites is 2. The maximum absolute atomic E-state index is 5.34. The van der Waals surface area contributed by atoms with Crippen LogP contribution in [0, 0.1) is 0 Å². The van der Waals surface area contributed by atoms with Gasteiger partial charge in [-0.05, 0) is 24.3 Å².